The van der Waals surface area contributed by atoms with E-state index in [2.05, 4.69) is 4.90 Å². The molecule has 4 nitrogen and oxygen atoms in total. The fourth-order valence-electron chi connectivity index (χ4n) is 2.77. The van der Waals surface area contributed by atoms with Gasteiger partial charge in [0.2, 0.25) is 0 Å². The predicted molar refractivity (Wildman–Crippen MR) is 69.7 cm³/mol. The predicted octanol–water partition coefficient (Wildman–Crippen LogP) is 1.63. The second kappa shape index (κ2) is 6.13. The average molecular weight is 255 g/mol. The average Bonchev–Trinajstić information content (AvgIpc) is 2.90. The third-order valence-corrected chi connectivity index (χ3v) is 4.20. The Bertz CT molecular complexity index is 279. The lowest BCUT2D eigenvalue weighted by molar-refractivity contribution is -0.132. The van der Waals surface area contributed by atoms with E-state index in [0.29, 0.717) is 18.3 Å². The van der Waals surface area contributed by atoms with Gasteiger partial charge >= 0.3 is 0 Å². The Morgan fingerprint density at radius 1 is 1.28 bits per heavy atom. The van der Waals surface area contributed by atoms with E-state index in [4.69, 9.17) is 9.47 Å². The van der Waals surface area contributed by atoms with Crippen LogP contribution in [0.3, 0.4) is 0 Å². The lowest BCUT2D eigenvalue weighted by Crippen LogP contribution is -2.54. The molecule has 2 rings (SSSR count). The van der Waals surface area contributed by atoms with Crippen LogP contribution in [0.1, 0.15) is 39.5 Å². The van der Waals surface area contributed by atoms with Crippen LogP contribution in [0.25, 0.3) is 0 Å². The molecule has 0 aromatic rings. The highest BCUT2D eigenvalue weighted by molar-refractivity contribution is 5.87. The number of hydrogen-bond donors (Lipinski definition) is 0. The van der Waals surface area contributed by atoms with Crippen molar-refractivity contribution in [3.8, 4) is 0 Å². The molecule has 1 unspecified atom stereocenters. The Balaban J connectivity index is 1.81. The molecule has 0 radical (unpaired) electrons. The number of Topliss-reactive ketones (excluding diaryl/α,β-unsaturated/α-hetero) is 1. The lowest BCUT2D eigenvalue weighted by Gasteiger charge is -2.39. The first-order valence-electron chi connectivity index (χ1n) is 7.08. The largest absolute Gasteiger partial charge is 0.379 e. The molecule has 0 bridgehead atoms. The van der Waals surface area contributed by atoms with Crippen molar-refractivity contribution in [3.63, 3.8) is 0 Å². The lowest BCUT2D eigenvalue weighted by atomic mass is 9.91. The van der Waals surface area contributed by atoms with Gasteiger partial charge in [-0.2, -0.15) is 0 Å². The van der Waals surface area contributed by atoms with E-state index in [1.165, 1.54) is 0 Å². The smallest absolute Gasteiger partial charge is 0.152 e. The number of ketones is 1. The van der Waals surface area contributed by atoms with Crippen LogP contribution in [-0.2, 0) is 14.3 Å². The summed E-state index contributed by atoms with van der Waals surface area (Å²) in [5, 5.41) is 0. The monoisotopic (exact) mass is 255 g/mol. The molecular formula is C14H25NO3. The summed E-state index contributed by atoms with van der Waals surface area (Å²) >= 11 is 0. The number of rotatable bonds is 5. The molecule has 0 aliphatic carbocycles. The molecule has 4 heteroatoms. The van der Waals surface area contributed by atoms with Crippen LogP contribution < -0.4 is 0 Å². The van der Waals surface area contributed by atoms with Crippen molar-refractivity contribution in [1.29, 1.82) is 0 Å². The zero-order valence-electron chi connectivity index (χ0n) is 11.6. The minimum Gasteiger partial charge on any atom is -0.379 e. The maximum atomic E-state index is 12.4. The van der Waals surface area contributed by atoms with Gasteiger partial charge in [0.1, 0.15) is 0 Å². The van der Waals surface area contributed by atoms with Crippen LogP contribution in [0.5, 0.6) is 0 Å². The van der Waals surface area contributed by atoms with Crippen molar-refractivity contribution in [1.82, 2.24) is 4.90 Å². The van der Waals surface area contributed by atoms with Crippen molar-refractivity contribution in [2.24, 2.45) is 0 Å². The molecular weight excluding hydrogens is 230 g/mol. The van der Waals surface area contributed by atoms with Crippen LogP contribution in [-0.4, -0.2) is 55.2 Å². The summed E-state index contributed by atoms with van der Waals surface area (Å²) in [6.07, 6.45) is 4.09. The van der Waals surface area contributed by atoms with E-state index in [0.717, 1.165) is 52.2 Å². The van der Waals surface area contributed by atoms with Gasteiger partial charge in [-0.15, -0.1) is 0 Å². The van der Waals surface area contributed by atoms with Crippen molar-refractivity contribution in [3.05, 3.63) is 0 Å². The SMILES string of the molecule is CC(C)(C(=O)CCC1CCCO1)N1CCOCC1. The maximum absolute atomic E-state index is 12.4. The first-order valence-corrected chi connectivity index (χ1v) is 7.08. The molecule has 0 aromatic heterocycles. The van der Waals surface area contributed by atoms with Crippen molar-refractivity contribution in [2.45, 2.75) is 51.2 Å². The zero-order chi connectivity index (χ0) is 13.0. The summed E-state index contributed by atoms with van der Waals surface area (Å²) in [4.78, 5) is 14.6. The number of hydrogen-bond acceptors (Lipinski definition) is 4. The molecule has 0 amide bonds. The van der Waals surface area contributed by atoms with Gasteiger partial charge in [0.25, 0.3) is 0 Å². The molecule has 104 valence electrons. The van der Waals surface area contributed by atoms with Crippen LogP contribution >= 0.6 is 0 Å². The van der Waals surface area contributed by atoms with Gasteiger partial charge in [-0.25, -0.2) is 0 Å². The first-order chi connectivity index (χ1) is 8.60. The third-order valence-electron chi connectivity index (χ3n) is 4.20. The molecule has 2 heterocycles. The maximum Gasteiger partial charge on any atom is 0.152 e. The van der Waals surface area contributed by atoms with Gasteiger partial charge in [-0.1, -0.05) is 0 Å². The minimum absolute atomic E-state index is 0.314. The van der Waals surface area contributed by atoms with E-state index in [-0.39, 0.29) is 5.54 Å². The number of carbonyl (C=O) groups is 1. The van der Waals surface area contributed by atoms with Gasteiger partial charge in [-0.05, 0) is 33.1 Å². The summed E-state index contributed by atoms with van der Waals surface area (Å²) in [5.41, 5.74) is -0.359. The van der Waals surface area contributed by atoms with Crippen LogP contribution in [0.15, 0.2) is 0 Å². The van der Waals surface area contributed by atoms with Gasteiger partial charge in [0.15, 0.2) is 5.78 Å². The van der Waals surface area contributed by atoms with E-state index in [9.17, 15) is 4.79 Å². The molecule has 0 aromatic carbocycles. The van der Waals surface area contributed by atoms with Crippen molar-refractivity contribution >= 4 is 5.78 Å². The summed E-state index contributed by atoms with van der Waals surface area (Å²) < 4.78 is 10.9. The Morgan fingerprint density at radius 3 is 2.61 bits per heavy atom. The molecule has 0 saturated carbocycles. The fourth-order valence-corrected chi connectivity index (χ4v) is 2.77. The summed E-state index contributed by atoms with van der Waals surface area (Å²) in [6.45, 7) is 8.14. The van der Waals surface area contributed by atoms with Gasteiger partial charge in [-0.3, -0.25) is 9.69 Å². The van der Waals surface area contributed by atoms with Gasteiger partial charge < -0.3 is 9.47 Å². The number of carbonyl (C=O) groups excluding carboxylic acids is 1. The summed E-state index contributed by atoms with van der Waals surface area (Å²) in [5.74, 6) is 0.333. The molecule has 2 fully saturated rings. The van der Waals surface area contributed by atoms with Crippen LogP contribution in [0.4, 0.5) is 0 Å². The molecule has 1 atom stereocenters. The van der Waals surface area contributed by atoms with E-state index in [1.54, 1.807) is 0 Å². The molecule has 0 spiro atoms. The Hall–Kier alpha value is -0.450. The number of nitrogens with zero attached hydrogens (tertiary/aromatic N) is 1. The highest BCUT2D eigenvalue weighted by atomic mass is 16.5. The second-order valence-electron chi connectivity index (χ2n) is 5.76. The summed E-state index contributed by atoms with van der Waals surface area (Å²) in [7, 11) is 0. The standard InChI is InChI=1S/C14H25NO3/c1-14(2,15-7-10-17-11-8-15)13(16)6-5-12-4-3-9-18-12/h12H,3-11H2,1-2H3. The van der Waals surface area contributed by atoms with Crippen molar-refractivity contribution < 1.29 is 14.3 Å². The second-order valence-corrected chi connectivity index (χ2v) is 5.76. The molecule has 18 heavy (non-hydrogen) atoms. The fraction of sp³-hybridized carbons (Fsp3) is 0.929. The van der Waals surface area contributed by atoms with Gasteiger partial charge in [0.05, 0.1) is 24.9 Å². The Morgan fingerprint density at radius 2 is 2.00 bits per heavy atom. The van der Waals surface area contributed by atoms with Crippen LogP contribution in [0, 0.1) is 0 Å². The molecule has 0 N–H and O–H groups in total. The van der Waals surface area contributed by atoms with E-state index >= 15 is 0 Å². The van der Waals surface area contributed by atoms with E-state index in [1.807, 2.05) is 13.8 Å². The quantitative estimate of drug-likeness (QED) is 0.748. The Labute approximate surface area is 110 Å². The van der Waals surface area contributed by atoms with Gasteiger partial charge in [0, 0.05) is 26.1 Å². The topological polar surface area (TPSA) is 38.8 Å². The number of morpholine rings is 1. The summed E-state index contributed by atoms with van der Waals surface area (Å²) in [6, 6.07) is 0. The van der Waals surface area contributed by atoms with Crippen LogP contribution in [0.2, 0.25) is 0 Å². The Kier molecular flexibility index (Phi) is 4.76. The molecule has 2 saturated heterocycles. The normalized spacial score (nSPS) is 26.4. The highest BCUT2D eigenvalue weighted by Crippen LogP contribution is 2.23. The molecule has 2 aliphatic heterocycles. The van der Waals surface area contributed by atoms with Crippen molar-refractivity contribution in [2.75, 3.05) is 32.9 Å². The first kappa shape index (κ1) is 14.0. The van der Waals surface area contributed by atoms with E-state index < -0.39 is 0 Å². The third kappa shape index (κ3) is 3.31. The number of ether oxygens (including phenoxy) is 2. The zero-order valence-corrected chi connectivity index (χ0v) is 11.6. The minimum atomic E-state index is -0.359. The molecule has 2 aliphatic rings. The highest BCUT2D eigenvalue weighted by Gasteiger charge is 2.35.